The van der Waals surface area contributed by atoms with Crippen LogP contribution in [0.1, 0.15) is 30.4 Å². The van der Waals surface area contributed by atoms with Crippen LogP contribution in [0, 0.1) is 5.41 Å². The number of rotatable bonds is 3. The van der Waals surface area contributed by atoms with Crippen molar-refractivity contribution in [1.82, 2.24) is 29.7 Å². The molecule has 8 rings (SSSR count). The molecule has 3 aliphatic rings. The summed E-state index contributed by atoms with van der Waals surface area (Å²) in [5.41, 5.74) is 6.98. The lowest BCUT2D eigenvalue weighted by molar-refractivity contribution is 0.235. The van der Waals surface area contributed by atoms with Gasteiger partial charge in [0, 0.05) is 83.9 Å². The Morgan fingerprint density at radius 1 is 0.795 bits per heavy atom. The van der Waals surface area contributed by atoms with E-state index in [-0.39, 0.29) is 5.41 Å². The van der Waals surface area contributed by atoms with E-state index in [2.05, 4.69) is 41.2 Å². The topological polar surface area (TPSA) is 114 Å². The van der Waals surface area contributed by atoms with E-state index in [9.17, 15) is 8.42 Å². The van der Waals surface area contributed by atoms with Crippen molar-refractivity contribution in [3.63, 3.8) is 0 Å². The van der Waals surface area contributed by atoms with Gasteiger partial charge in [-0.15, -0.1) is 0 Å². The van der Waals surface area contributed by atoms with E-state index in [0.29, 0.717) is 18.1 Å². The van der Waals surface area contributed by atoms with Crippen LogP contribution in [-0.4, -0.2) is 77.1 Å². The minimum absolute atomic E-state index is 0.133. The highest BCUT2D eigenvalue weighted by Gasteiger charge is 2.43. The third kappa shape index (κ3) is 5.74. The number of hydrogen-bond acceptors (Lipinski definition) is 7. The predicted molar refractivity (Wildman–Crippen MR) is 176 cm³/mol. The molecule has 2 aromatic carbocycles. The molecular formula is C31H34Cl2N8O2S. The monoisotopic (exact) mass is 652 g/mol. The summed E-state index contributed by atoms with van der Waals surface area (Å²) in [5.74, 6) is 0. The zero-order valence-electron chi connectivity index (χ0n) is 24.4. The number of aromatic nitrogens is 5. The van der Waals surface area contributed by atoms with Crippen molar-refractivity contribution in [3.05, 3.63) is 76.3 Å². The summed E-state index contributed by atoms with van der Waals surface area (Å²) >= 11 is 12.5. The van der Waals surface area contributed by atoms with Gasteiger partial charge in [0.15, 0.2) is 0 Å². The first-order valence-corrected chi connectivity index (χ1v) is 17.4. The van der Waals surface area contributed by atoms with Gasteiger partial charge in [0.2, 0.25) is 10.0 Å². The summed E-state index contributed by atoms with van der Waals surface area (Å²) in [4.78, 5) is 8.91. The first kappa shape index (κ1) is 29.3. The summed E-state index contributed by atoms with van der Waals surface area (Å²) < 4.78 is 25.2. The number of hydrogen-bond donors (Lipinski definition) is 2. The summed E-state index contributed by atoms with van der Waals surface area (Å²) in [5, 5.41) is 17.8. The number of aromatic amines is 2. The van der Waals surface area contributed by atoms with Gasteiger partial charge >= 0.3 is 0 Å². The number of piperidine rings is 1. The van der Waals surface area contributed by atoms with Gasteiger partial charge in [-0.3, -0.25) is 15.2 Å². The molecule has 0 atom stereocenters. The highest BCUT2D eigenvalue weighted by atomic mass is 35.5. The maximum atomic E-state index is 11.8. The van der Waals surface area contributed by atoms with Crippen molar-refractivity contribution < 1.29 is 8.42 Å². The molecule has 6 heterocycles. The van der Waals surface area contributed by atoms with Crippen LogP contribution in [0.15, 0.2) is 55.1 Å². The third-order valence-electron chi connectivity index (χ3n) is 9.40. The average molecular weight is 654 g/mol. The van der Waals surface area contributed by atoms with Crippen molar-refractivity contribution >= 4 is 66.4 Å². The third-order valence-corrected chi connectivity index (χ3v) is 11.1. The highest BCUT2D eigenvalue weighted by molar-refractivity contribution is 7.88. The maximum Gasteiger partial charge on any atom is 0.211 e. The second-order valence-electron chi connectivity index (χ2n) is 12.2. The summed E-state index contributed by atoms with van der Waals surface area (Å²) in [6.07, 6.45) is 12.8. The SMILES string of the molecule is CS(=O)(=O)N1CCC2(CCN(c3cc(Cl)cc4[nH]ncc34)CC2)C1.Clc1cc(N2CCc3ccncc3C2)c2cn[nH]c2c1. The number of nitrogens with zero attached hydrogens (tertiary/aromatic N) is 6. The molecule has 1 spiro atoms. The molecule has 0 aliphatic carbocycles. The molecule has 230 valence electrons. The minimum Gasteiger partial charge on any atom is -0.371 e. The highest BCUT2D eigenvalue weighted by Crippen LogP contribution is 2.43. The molecule has 3 aliphatic heterocycles. The second kappa shape index (κ2) is 11.5. The number of nitrogens with one attached hydrogen (secondary N) is 2. The normalized spacial score (nSPS) is 18.5. The van der Waals surface area contributed by atoms with Crippen molar-refractivity contribution in [2.24, 2.45) is 5.41 Å². The van der Waals surface area contributed by atoms with Crippen molar-refractivity contribution in [3.8, 4) is 0 Å². The van der Waals surface area contributed by atoms with E-state index in [1.165, 1.54) is 17.4 Å². The molecule has 5 aromatic rings. The smallest absolute Gasteiger partial charge is 0.211 e. The standard InChI is InChI=1S/C16H21ClN4O2S.C15H13ClN4/c1-24(22,23)21-7-4-16(11-21)2-5-20(6-3-16)15-9-12(17)8-14-13(15)10-18-19-14;16-12-5-14-13(8-18-19-14)15(6-12)20-4-2-10-1-3-17-7-11(10)9-20/h8-10H,2-7,11H2,1H3,(H,18,19);1,3,5-8H,2,4,9H2,(H,18,19). The molecule has 0 amide bonds. The van der Waals surface area contributed by atoms with E-state index in [0.717, 1.165) is 90.1 Å². The quantitative estimate of drug-likeness (QED) is 0.259. The molecule has 44 heavy (non-hydrogen) atoms. The van der Waals surface area contributed by atoms with Crippen LogP contribution in [0.25, 0.3) is 21.8 Å². The van der Waals surface area contributed by atoms with Gasteiger partial charge in [0.1, 0.15) is 0 Å². The maximum absolute atomic E-state index is 11.8. The Labute approximate surface area is 266 Å². The number of fused-ring (bicyclic) bond motifs is 3. The molecule has 0 bridgehead atoms. The zero-order valence-corrected chi connectivity index (χ0v) is 26.8. The molecule has 0 saturated carbocycles. The van der Waals surface area contributed by atoms with Crippen LogP contribution < -0.4 is 9.80 Å². The van der Waals surface area contributed by atoms with Gasteiger partial charge in [0.05, 0.1) is 29.7 Å². The lowest BCUT2D eigenvalue weighted by Crippen LogP contribution is -2.42. The minimum atomic E-state index is -3.08. The largest absolute Gasteiger partial charge is 0.371 e. The molecule has 13 heteroatoms. The Hall–Kier alpha value is -3.38. The van der Waals surface area contributed by atoms with E-state index < -0.39 is 10.0 Å². The summed E-state index contributed by atoms with van der Waals surface area (Å²) in [6, 6.07) is 9.92. The van der Waals surface area contributed by atoms with Crippen molar-refractivity contribution in [1.29, 1.82) is 0 Å². The number of anilines is 2. The Kier molecular flexibility index (Phi) is 7.68. The summed E-state index contributed by atoms with van der Waals surface area (Å²) in [7, 11) is -3.08. The van der Waals surface area contributed by atoms with Gasteiger partial charge in [-0.2, -0.15) is 10.2 Å². The fourth-order valence-corrected chi connectivity index (χ4v) is 8.27. The van der Waals surface area contributed by atoms with Gasteiger partial charge in [-0.25, -0.2) is 12.7 Å². The predicted octanol–water partition coefficient (Wildman–Crippen LogP) is 5.64. The molecule has 3 aromatic heterocycles. The lowest BCUT2D eigenvalue weighted by atomic mass is 9.77. The van der Waals surface area contributed by atoms with Crippen LogP contribution in [0.2, 0.25) is 10.0 Å². The van der Waals surface area contributed by atoms with E-state index in [1.807, 2.05) is 49.1 Å². The van der Waals surface area contributed by atoms with Crippen LogP contribution in [0.3, 0.4) is 0 Å². The van der Waals surface area contributed by atoms with Gasteiger partial charge in [-0.05, 0) is 72.6 Å². The zero-order chi connectivity index (χ0) is 30.5. The number of sulfonamides is 1. The lowest BCUT2D eigenvalue weighted by Gasteiger charge is -2.40. The number of H-pyrrole nitrogens is 2. The van der Waals surface area contributed by atoms with Crippen LogP contribution in [0.4, 0.5) is 11.4 Å². The first-order valence-electron chi connectivity index (χ1n) is 14.8. The molecule has 0 radical (unpaired) electrons. The Balaban J connectivity index is 0.000000144. The Bertz CT molecular complexity index is 1930. The van der Waals surface area contributed by atoms with Crippen molar-refractivity contribution in [2.45, 2.75) is 32.2 Å². The molecule has 10 nitrogen and oxygen atoms in total. The summed E-state index contributed by atoms with van der Waals surface area (Å²) in [6.45, 7) is 5.00. The van der Waals surface area contributed by atoms with E-state index >= 15 is 0 Å². The van der Waals surface area contributed by atoms with Crippen LogP contribution >= 0.6 is 23.2 Å². The average Bonchev–Trinajstić information content (AvgIpc) is 3.77. The molecule has 2 fully saturated rings. The van der Waals surface area contributed by atoms with E-state index in [1.54, 1.807) is 4.31 Å². The first-order chi connectivity index (χ1) is 21.2. The molecule has 2 saturated heterocycles. The fraction of sp³-hybridized carbons (Fsp3) is 0.387. The van der Waals surface area contributed by atoms with Crippen LogP contribution in [0.5, 0.6) is 0 Å². The van der Waals surface area contributed by atoms with Gasteiger partial charge in [-0.1, -0.05) is 23.2 Å². The van der Waals surface area contributed by atoms with Crippen LogP contribution in [-0.2, 0) is 23.0 Å². The van der Waals surface area contributed by atoms with Crippen molar-refractivity contribution in [2.75, 3.05) is 48.8 Å². The molecule has 2 N–H and O–H groups in total. The molecular weight excluding hydrogens is 619 g/mol. The Morgan fingerprint density at radius 3 is 2.02 bits per heavy atom. The van der Waals surface area contributed by atoms with Gasteiger partial charge < -0.3 is 9.80 Å². The second-order valence-corrected chi connectivity index (χ2v) is 15.0. The van der Waals surface area contributed by atoms with Gasteiger partial charge in [0.25, 0.3) is 0 Å². The Morgan fingerprint density at radius 2 is 1.41 bits per heavy atom. The molecule has 0 unspecified atom stereocenters. The number of pyridine rings is 1. The fourth-order valence-electron chi connectivity index (χ4n) is 6.91. The number of halogens is 2. The van der Waals surface area contributed by atoms with E-state index in [4.69, 9.17) is 23.2 Å². The number of benzene rings is 2.